The third-order valence-electron chi connectivity index (χ3n) is 8.73. The average molecular weight is 596 g/mol. The number of allylic oxidation sites excluding steroid dienone is 1. The van der Waals surface area contributed by atoms with Crippen LogP contribution in [0, 0.1) is 5.41 Å². The molecule has 8 aromatic rings. The molecule has 45 heavy (non-hydrogen) atoms. The molecule has 0 spiro atoms. The number of nitrogens with one attached hydrogen (secondary N) is 1. The van der Waals surface area contributed by atoms with E-state index in [4.69, 9.17) is 10.4 Å². The summed E-state index contributed by atoms with van der Waals surface area (Å²) in [5, 5.41) is 16.0. The summed E-state index contributed by atoms with van der Waals surface area (Å²) in [5.41, 5.74) is 8.88. The highest BCUT2D eigenvalue weighted by atomic mass is 32.1. The van der Waals surface area contributed by atoms with E-state index < -0.39 is 0 Å². The summed E-state index contributed by atoms with van der Waals surface area (Å²) in [6.07, 6.45) is 1.95. The number of amidine groups is 1. The Balaban J connectivity index is 1.14. The van der Waals surface area contributed by atoms with Gasteiger partial charge in [0.1, 0.15) is 5.70 Å². The lowest BCUT2D eigenvalue weighted by atomic mass is 10.0. The zero-order valence-electron chi connectivity index (χ0n) is 24.2. The maximum atomic E-state index is 8.76. The van der Waals surface area contributed by atoms with Gasteiger partial charge in [0.25, 0.3) is 0 Å². The van der Waals surface area contributed by atoms with Gasteiger partial charge in [-0.15, -0.1) is 11.3 Å². The molecular weight excluding hydrogens is 569 g/mol. The van der Waals surface area contributed by atoms with Gasteiger partial charge in [0.2, 0.25) is 5.84 Å². The summed E-state index contributed by atoms with van der Waals surface area (Å²) in [6.45, 7) is 0. The molecule has 0 saturated carbocycles. The van der Waals surface area contributed by atoms with Crippen LogP contribution in [-0.4, -0.2) is 16.1 Å². The van der Waals surface area contributed by atoms with Gasteiger partial charge >= 0.3 is 0 Å². The number of hydrogen-bond acceptors (Lipinski definition) is 3. The topological polar surface area (TPSA) is 57.8 Å². The van der Waals surface area contributed by atoms with Crippen LogP contribution in [0.5, 0.6) is 0 Å². The minimum Gasteiger partial charge on any atom is -0.309 e. The lowest BCUT2D eigenvalue weighted by Gasteiger charge is -2.16. The first kappa shape index (κ1) is 25.8. The lowest BCUT2D eigenvalue weighted by Crippen LogP contribution is -2.86. The van der Waals surface area contributed by atoms with Gasteiger partial charge in [-0.05, 0) is 66.2 Å². The Morgan fingerprint density at radius 2 is 1.38 bits per heavy atom. The fourth-order valence-corrected chi connectivity index (χ4v) is 7.69. The van der Waals surface area contributed by atoms with Gasteiger partial charge in [-0.1, -0.05) is 78.9 Å². The number of quaternary nitrogens is 1. The van der Waals surface area contributed by atoms with Crippen molar-refractivity contribution < 1.29 is 5.32 Å². The van der Waals surface area contributed by atoms with Gasteiger partial charge in [0, 0.05) is 42.7 Å². The van der Waals surface area contributed by atoms with Crippen LogP contribution < -0.4 is 5.32 Å². The largest absolute Gasteiger partial charge is 0.309 e. The highest BCUT2D eigenvalue weighted by Crippen LogP contribution is 2.40. The normalized spacial score (nSPS) is 14.0. The summed E-state index contributed by atoms with van der Waals surface area (Å²) in [6, 6.07) is 48.9. The third-order valence-corrected chi connectivity index (χ3v) is 9.86. The minimum atomic E-state index is 0.479. The van der Waals surface area contributed by atoms with Crippen molar-refractivity contribution in [3.05, 3.63) is 162 Å². The van der Waals surface area contributed by atoms with E-state index in [1.165, 1.54) is 42.0 Å². The molecule has 0 bridgehead atoms. The van der Waals surface area contributed by atoms with Crippen molar-refractivity contribution in [1.82, 2.24) is 4.57 Å². The number of rotatable bonds is 4. The van der Waals surface area contributed by atoms with E-state index in [1.54, 1.807) is 0 Å². The van der Waals surface area contributed by atoms with Crippen molar-refractivity contribution in [1.29, 1.82) is 5.41 Å². The molecule has 3 heterocycles. The van der Waals surface area contributed by atoms with Gasteiger partial charge in [-0.3, -0.25) is 5.32 Å². The molecule has 0 radical (unpaired) electrons. The molecule has 1 aliphatic heterocycles. The molecule has 0 fully saturated rings. The fraction of sp³-hybridized carbons (Fsp3) is 0. The van der Waals surface area contributed by atoms with Gasteiger partial charge in [0.05, 0.1) is 33.6 Å². The van der Waals surface area contributed by atoms with Crippen LogP contribution in [0.15, 0.2) is 151 Å². The number of aromatic nitrogens is 1. The molecule has 6 aromatic carbocycles. The number of fused-ring (bicyclic) bond motifs is 7. The molecule has 0 atom stereocenters. The Hall–Kier alpha value is -5.62. The number of nitrogens with zero attached hydrogens (tertiary/aromatic N) is 2. The van der Waals surface area contributed by atoms with Crippen molar-refractivity contribution in [3.63, 3.8) is 0 Å². The second-order valence-electron chi connectivity index (χ2n) is 11.4. The van der Waals surface area contributed by atoms with Crippen LogP contribution in [0.25, 0.3) is 53.4 Å². The quantitative estimate of drug-likeness (QED) is 0.191. The molecule has 3 N–H and O–H groups in total. The first-order valence-corrected chi connectivity index (χ1v) is 15.9. The maximum Gasteiger partial charge on any atom is 0.237 e. The van der Waals surface area contributed by atoms with Crippen LogP contribution in [0.2, 0.25) is 0 Å². The summed E-state index contributed by atoms with van der Waals surface area (Å²) < 4.78 is 5.00. The molecule has 0 unspecified atom stereocenters. The number of para-hydroxylation sites is 2. The third kappa shape index (κ3) is 4.25. The Morgan fingerprint density at radius 1 is 0.644 bits per heavy atom. The number of aliphatic imine (C=N–C) groups is 1. The highest BCUT2D eigenvalue weighted by molar-refractivity contribution is 7.25. The van der Waals surface area contributed by atoms with Gasteiger partial charge < -0.3 is 9.98 Å². The van der Waals surface area contributed by atoms with E-state index in [-0.39, 0.29) is 0 Å². The van der Waals surface area contributed by atoms with Gasteiger partial charge in [-0.25, -0.2) is 0 Å². The van der Waals surface area contributed by atoms with Crippen molar-refractivity contribution in [3.8, 4) is 5.69 Å². The Bertz CT molecular complexity index is 2510. The number of thiophene rings is 1. The van der Waals surface area contributed by atoms with Crippen LogP contribution in [0.3, 0.4) is 0 Å². The summed E-state index contributed by atoms with van der Waals surface area (Å²) in [5.74, 6) is 0.890. The van der Waals surface area contributed by atoms with Crippen LogP contribution in [0.1, 0.15) is 16.7 Å². The fourth-order valence-electron chi connectivity index (χ4n) is 6.57. The number of nitrogens with two attached hydrogens (primary N) is 1. The molecule has 212 valence electrons. The summed E-state index contributed by atoms with van der Waals surface area (Å²) in [4.78, 5) is 5.04. The number of benzene rings is 6. The number of hydrogen-bond donors (Lipinski definition) is 2. The van der Waals surface area contributed by atoms with Crippen molar-refractivity contribution in [2.24, 2.45) is 4.99 Å². The Kier molecular flexibility index (Phi) is 5.88. The molecule has 9 rings (SSSR count). The second-order valence-corrected chi connectivity index (χ2v) is 12.5. The van der Waals surface area contributed by atoms with E-state index in [1.807, 2.05) is 65.9 Å². The van der Waals surface area contributed by atoms with Gasteiger partial charge in [0.15, 0.2) is 0 Å². The van der Waals surface area contributed by atoms with Crippen molar-refractivity contribution in [2.45, 2.75) is 0 Å². The smallest absolute Gasteiger partial charge is 0.237 e. The van der Waals surface area contributed by atoms with E-state index >= 15 is 0 Å². The molecule has 0 aliphatic carbocycles. The molecule has 0 amide bonds. The Labute approximate surface area is 263 Å². The zero-order chi connectivity index (χ0) is 29.9. The van der Waals surface area contributed by atoms with E-state index in [9.17, 15) is 0 Å². The van der Waals surface area contributed by atoms with Crippen molar-refractivity contribution >= 4 is 76.2 Å². The summed E-state index contributed by atoms with van der Waals surface area (Å²) >= 11 is 1.86. The van der Waals surface area contributed by atoms with Crippen LogP contribution >= 0.6 is 11.3 Å². The maximum absolute atomic E-state index is 8.76. The minimum absolute atomic E-state index is 0.479. The predicted molar refractivity (Wildman–Crippen MR) is 189 cm³/mol. The first-order valence-electron chi connectivity index (χ1n) is 15.0. The standard InChI is InChI=1S/C40H26N4S/c41-33(25-10-2-1-3-11-25)23-35-30-14-4-7-15-34(30)42-40(43-35)26-18-20-27(21-19-26)44-36-16-8-5-12-28(36)31-22-32-29-13-6-9-17-38(29)45-39(32)24-37(31)44/h1-24,41H,(H,42,43)/p+1/b35-23-,41-33?. The molecule has 4 nitrogen and oxygen atoms in total. The van der Waals surface area contributed by atoms with Crippen molar-refractivity contribution in [2.75, 3.05) is 0 Å². The summed E-state index contributed by atoms with van der Waals surface area (Å²) in [7, 11) is 0. The van der Waals surface area contributed by atoms with Crippen LogP contribution in [-0.2, 0) is 0 Å². The van der Waals surface area contributed by atoms with Gasteiger partial charge in [-0.2, -0.15) is 4.99 Å². The van der Waals surface area contributed by atoms with E-state index in [2.05, 4.69) is 101 Å². The second kappa shape index (κ2) is 10.2. The van der Waals surface area contributed by atoms with E-state index in [0.717, 1.165) is 39.6 Å². The zero-order valence-corrected chi connectivity index (χ0v) is 25.1. The SMILES string of the molecule is N=C(/C=C1\[NH2+]C(c2ccc(-n3c4ccccc4c4cc5c(cc43)sc3ccccc35)cc2)=Nc2ccccc21)c1ccccc1. The highest BCUT2D eigenvalue weighted by Gasteiger charge is 2.23. The molecule has 1 aliphatic rings. The van der Waals surface area contributed by atoms with E-state index in [0.29, 0.717) is 5.71 Å². The lowest BCUT2D eigenvalue weighted by molar-refractivity contribution is -0.433. The molecular formula is C40H27N4S+. The molecule has 0 saturated heterocycles. The average Bonchev–Trinajstić information content (AvgIpc) is 3.62. The predicted octanol–water partition coefficient (Wildman–Crippen LogP) is 9.22. The first-order chi connectivity index (χ1) is 22.2. The molecule has 2 aromatic heterocycles. The monoisotopic (exact) mass is 595 g/mol. The van der Waals surface area contributed by atoms with Crippen LogP contribution in [0.4, 0.5) is 5.69 Å². The molecule has 5 heteroatoms. The Morgan fingerprint density at radius 3 is 2.24 bits per heavy atom.